The van der Waals surface area contributed by atoms with Gasteiger partial charge in [0.25, 0.3) is 11.6 Å². The van der Waals surface area contributed by atoms with Crippen LogP contribution in [0, 0.1) is 19.7 Å². The van der Waals surface area contributed by atoms with E-state index >= 15 is 0 Å². The van der Waals surface area contributed by atoms with E-state index in [0.717, 1.165) is 12.0 Å². The first-order valence-electron chi connectivity index (χ1n) is 9.31. The normalized spacial score (nSPS) is 11.1. The molecular weight excluding hydrogens is 373 g/mol. The molecule has 1 N–H and O–H groups in total. The van der Waals surface area contributed by atoms with Crippen molar-refractivity contribution in [2.45, 2.75) is 26.8 Å². The number of pyridine rings is 1. The zero-order valence-corrected chi connectivity index (χ0v) is 16.1. The first-order valence-corrected chi connectivity index (χ1v) is 9.31. The number of fused-ring (bicyclic) bond motifs is 1. The second kappa shape index (κ2) is 7.83. The van der Waals surface area contributed by atoms with Gasteiger partial charge in [0.15, 0.2) is 0 Å². The first-order chi connectivity index (χ1) is 14.0. The molecule has 0 spiro atoms. The molecule has 8 heteroatoms. The van der Waals surface area contributed by atoms with Crippen molar-refractivity contribution >= 4 is 17.0 Å². The molecule has 148 valence electrons. The highest BCUT2D eigenvalue weighted by molar-refractivity contribution is 6.06. The number of nitrogens with zero attached hydrogens (tertiary/aromatic N) is 4. The third-order valence-corrected chi connectivity index (χ3v) is 4.61. The highest BCUT2D eigenvalue weighted by atomic mass is 19.1. The van der Waals surface area contributed by atoms with Crippen LogP contribution in [0.25, 0.3) is 22.4 Å². The third kappa shape index (κ3) is 4.01. The average molecular weight is 393 g/mol. The van der Waals surface area contributed by atoms with Crippen molar-refractivity contribution in [1.29, 1.82) is 0 Å². The monoisotopic (exact) mass is 393 g/mol. The molecule has 0 atom stereocenters. The average Bonchev–Trinajstić information content (AvgIpc) is 3.30. The van der Waals surface area contributed by atoms with Gasteiger partial charge >= 0.3 is 0 Å². The fourth-order valence-corrected chi connectivity index (χ4v) is 3.17. The van der Waals surface area contributed by atoms with Crippen LogP contribution in [0.1, 0.15) is 28.0 Å². The fraction of sp³-hybridized carbons (Fsp3) is 0.238. The van der Waals surface area contributed by atoms with Crippen LogP contribution < -0.4 is 5.32 Å². The maximum Gasteiger partial charge on any atom is 0.259 e. The van der Waals surface area contributed by atoms with Crippen molar-refractivity contribution in [1.82, 2.24) is 25.2 Å². The Bertz CT molecular complexity index is 1160. The van der Waals surface area contributed by atoms with Gasteiger partial charge in [0.2, 0.25) is 0 Å². The number of hydrogen-bond donors (Lipinski definition) is 1. The van der Waals surface area contributed by atoms with Crippen molar-refractivity contribution in [3.05, 3.63) is 65.4 Å². The molecule has 0 unspecified atom stereocenters. The summed E-state index contributed by atoms with van der Waals surface area (Å²) in [4.78, 5) is 17.3. The molecule has 0 radical (unpaired) electrons. The number of rotatable bonds is 6. The zero-order chi connectivity index (χ0) is 20.4. The SMILES string of the molecule is Cc1cnn(CCCNC(=O)c2cc(-c3ccc(F)cc3)nc3onc(C)c23)c1. The number of aryl methyl sites for hydroxylation is 3. The van der Waals surface area contributed by atoms with Gasteiger partial charge in [-0.2, -0.15) is 5.10 Å². The number of benzene rings is 1. The topological polar surface area (TPSA) is 85.8 Å². The molecule has 0 aliphatic heterocycles. The van der Waals surface area contributed by atoms with Crippen molar-refractivity contribution in [3.8, 4) is 11.3 Å². The van der Waals surface area contributed by atoms with Gasteiger partial charge in [-0.1, -0.05) is 5.16 Å². The molecule has 3 heterocycles. The number of halogens is 1. The molecule has 4 aromatic rings. The largest absolute Gasteiger partial charge is 0.352 e. The lowest BCUT2D eigenvalue weighted by molar-refractivity contribution is 0.0954. The van der Waals surface area contributed by atoms with Gasteiger partial charge < -0.3 is 9.84 Å². The molecule has 0 aliphatic carbocycles. The lowest BCUT2D eigenvalue weighted by Gasteiger charge is -2.08. The predicted molar refractivity (Wildman–Crippen MR) is 106 cm³/mol. The minimum Gasteiger partial charge on any atom is -0.352 e. The lowest BCUT2D eigenvalue weighted by atomic mass is 10.0. The van der Waals surface area contributed by atoms with Gasteiger partial charge in [0.05, 0.1) is 28.5 Å². The number of nitrogens with one attached hydrogen (secondary N) is 1. The third-order valence-electron chi connectivity index (χ3n) is 4.61. The van der Waals surface area contributed by atoms with Gasteiger partial charge in [0, 0.05) is 24.8 Å². The second-order valence-corrected chi connectivity index (χ2v) is 6.90. The summed E-state index contributed by atoms with van der Waals surface area (Å²) in [6, 6.07) is 7.61. The Hall–Kier alpha value is -3.55. The highest BCUT2D eigenvalue weighted by Crippen LogP contribution is 2.27. The maximum atomic E-state index is 13.2. The summed E-state index contributed by atoms with van der Waals surface area (Å²) in [7, 11) is 0. The van der Waals surface area contributed by atoms with Crippen molar-refractivity contribution in [2.75, 3.05) is 6.54 Å². The Kier molecular flexibility index (Phi) is 5.07. The second-order valence-electron chi connectivity index (χ2n) is 6.90. The van der Waals surface area contributed by atoms with E-state index in [4.69, 9.17) is 4.52 Å². The molecule has 0 bridgehead atoms. The van der Waals surface area contributed by atoms with Gasteiger partial charge in [-0.15, -0.1) is 0 Å². The minimum absolute atomic E-state index is 0.233. The summed E-state index contributed by atoms with van der Waals surface area (Å²) in [5.41, 5.74) is 3.61. The molecule has 4 rings (SSSR count). The number of hydrogen-bond acceptors (Lipinski definition) is 5. The summed E-state index contributed by atoms with van der Waals surface area (Å²) in [5.74, 6) is -0.570. The van der Waals surface area contributed by atoms with Crippen molar-refractivity contribution in [3.63, 3.8) is 0 Å². The van der Waals surface area contributed by atoms with Gasteiger partial charge in [0.1, 0.15) is 5.82 Å². The molecule has 0 saturated carbocycles. The van der Waals surface area contributed by atoms with E-state index in [9.17, 15) is 9.18 Å². The molecule has 29 heavy (non-hydrogen) atoms. The highest BCUT2D eigenvalue weighted by Gasteiger charge is 2.19. The van der Waals surface area contributed by atoms with Crippen LogP contribution in [-0.2, 0) is 6.54 Å². The Balaban J connectivity index is 1.55. The van der Waals surface area contributed by atoms with Crippen LogP contribution in [0.3, 0.4) is 0 Å². The van der Waals surface area contributed by atoms with Crippen LogP contribution >= 0.6 is 0 Å². The number of amides is 1. The molecule has 1 aromatic carbocycles. The van der Waals surface area contributed by atoms with E-state index < -0.39 is 0 Å². The van der Waals surface area contributed by atoms with Crippen molar-refractivity contribution < 1.29 is 13.7 Å². The van der Waals surface area contributed by atoms with Crippen LogP contribution in [0.15, 0.2) is 47.2 Å². The van der Waals surface area contributed by atoms with Gasteiger partial charge in [-0.25, -0.2) is 9.37 Å². The zero-order valence-electron chi connectivity index (χ0n) is 16.1. The summed E-state index contributed by atoms with van der Waals surface area (Å²) in [6.07, 6.45) is 4.51. The molecule has 1 amide bonds. The number of carbonyl (C=O) groups excluding carboxylic acids is 1. The van der Waals surface area contributed by atoms with Crippen LogP contribution in [0.5, 0.6) is 0 Å². The molecule has 0 fully saturated rings. The van der Waals surface area contributed by atoms with Crippen LogP contribution in [0.4, 0.5) is 4.39 Å². The molecular formula is C21H20FN5O2. The predicted octanol–water partition coefficient (Wildman–Crippen LogP) is 3.66. The van der Waals surface area contributed by atoms with Crippen LogP contribution in [0.2, 0.25) is 0 Å². The quantitative estimate of drug-likeness (QED) is 0.505. The lowest BCUT2D eigenvalue weighted by Crippen LogP contribution is -2.25. The van der Waals surface area contributed by atoms with Gasteiger partial charge in [-0.05, 0) is 56.2 Å². The van der Waals surface area contributed by atoms with Crippen molar-refractivity contribution in [2.24, 2.45) is 0 Å². The Morgan fingerprint density at radius 3 is 2.76 bits per heavy atom. The Labute approximate surface area is 166 Å². The molecule has 0 aliphatic rings. The molecule has 0 saturated heterocycles. The van der Waals surface area contributed by atoms with E-state index in [0.29, 0.717) is 41.0 Å². The standard InChI is InChI=1S/C21H20FN5O2/c1-13-11-24-27(12-13)9-3-8-23-20(28)17-10-18(15-4-6-16(22)7-5-15)25-21-19(17)14(2)26-29-21/h4-7,10-12H,3,8-9H2,1-2H3,(H,23,28). The maximum absolute atomic E-state index is 13.2. The number of aromatic nitrogens is 4. The van der Waals surface area contributed by atoms with E-state index in [1.54, 1.807) is 31.3 Å². The van der Waals surface area contributed by atoms with E-state index in [2.05, 4.69) is 20.6 Å². The molecule has 7 nitrogen and oxygen atoms in total. The number of carbonyl (C=O) groups is 1. The Morgan fingerprint density at radius 2 is 2.03 bits per heavy atom. The Morgan fingerprint density at radius 1 is 1.24 bits per heavy atom. The summed E-state index contributed by atoms with van der Waals surface area (Å²) >= 11 is 0. The van der Waals surface area contributed by atoms with E-state index in [1.807, 2.05) is 17.8 Å². The summed E-state index contributed by atoms with van der Waals surface area (Å²) in [6.45, 7) is 4.96. The van der Waals surface area contributed by atoms with Gasteiger partial charge in [-0.3, -0.25) is 9.48 Å². The smallest absolute Gasteiger partial charge is 0.259 e. The van der Waals surface area contributed by atoms with E-state index in [1.165, 1.54) is 12.1 Å². The summed E-state index contributed by atoms with van der Waals surface area (Å²) < 4.78 is 20.4. The first kappa shape index (κ1) is 18.8. The summed E-state index contributed by atoms with van der Waals surface area (Å²) in [5, 5.41) is 11.7. The fourth-order valence-electron chi connectivity index (χ4n) is 3.17. The molecule has 3 aromatic heterocycles. The minimum atomic E-state index is -0.337. The van der Waals surface area contributed by atoms with Crippen LogP contribution in [-0.4, -0.2) is 32.4 Å². The van der Waals surface area contributed by atoms with E-state index in [-0.39, 0.29) is 17.4 Å².